The molecule has 2 rings (SSSR count). The summed E-state index contributed by atoms with van der Waals surface area (Å²) in [6, 6.07) is 10.3. The first kappa shape index (κ1) is 19.4. The number of carbonyl (C=O) groups excluding carboxylic acids is 1. The fourth-order valence-corrected chi connectivity index (χ4v) is 2.49. The smallest absolute Gasteiger partial charge is 0.243 e. The molecule has 0 saturated heterocycles. The summed E-state index contributed by atoms with van der Waals surface area (Å²) in [5, 5.41) is 6.67. The van der Waals surface area contributed by atoms with Crippen LogP contribution in [0.25, 0.3) is 0 Å². The summed E-state index contributed by atoms with van der Waals surface area (Å²) in [5.41, 5.74) is 2.09. The summed E-state index contributed by atoms with van der Waals surface area (Å²) < 4.78 is 5.57. The van der Waals surface area contributed by atoms with Crippen LogP contribution in [-0.2, 0) is 4.79 Å². The van der Waals surface area contributed by atoms with E-state index in [0.29, 0.717) is 33.1 Å². The summed E-state index contributed by atoms with van der Waals surface area (Å²) >= 11 is 17.8. The van der Waals surface area contributed by atoms with Gasteiger partial charge in [0.2, 0.25) is 5.91 Å². The maximum absolute atomic E-state index is 12.1. The van der Waals surface area contributed by atoms with Crippen molar-refractivity contribution in [3.8, 4) is 5.75 Å². The lowest BCUT2D eigenvalue weighted by Crippen LogP contribution is -2.22. The van der Waals surface area contributed by atoms with Crippen LogP contribution in [0.3, 0.4) is 0 Å². The number of carbonyl (C=O) groups is 1. The summed E-state index contributed by atoms with van der Waals surface area (Å²) in [7, 11) is 0. The summed E-state index contributed by atoms with van der Waals surface area (Å²) in [5.74, 6) is 0.425. The molecule has 2 N–H and O–H groups in total. The van der Waals surface area contributed by atoms with Gasteiger partial charge in [0, 0.05) is 11.8 Å². The Bertz CT molecular complexity index is 794. The second-order valence-electron chi connectivity index (χ2n) is 5.42. The Morgan fingerprint density at radius 3 is 2.56 bits per heavy atom. The molecule has 132 valence electrons. The maximum atomic E-state index is 12.1. The van der Waals surface area contributed by atoms with Gasteiger partial charge >= 0.3 is 0 Å². The van der Waals surface area contributed by atoms with E-state index in [1.165, 1.54) is 12.1 Å². The molecule has 4 nitrogen and oxygen atoms in total. The van der Waals surface area contributed by atoms with Gasteiger partial charge in [0.05, 0.1) is 27.3 Å². The van der Waals surface area contributed by atoms with Crippen LogP contribution in [0.15, 0.2) is 48.6 Å². The van der Waals surface area contributed by atoms with Crippen molar-refractivity contribution in [2.75, 3.05) is 23.8 Å². The average molecular weight is 400 g/mol. The molecule has 0 aliphatic rings. The van der Waals surface area contributed by atoms with Gasteiger partial charge in [-0.2, -0.15) is 0 Å². The first-order chi connectivity index (χ1) is 11.8. The van der Waals surface area contributed by atoms with Crippen molar-refractivity contribution in [1.29, 1.82) is 0 Å². The molecule has 0 unspecified atom stereocenters. The molecule has 0 heterocycles. The SMILES string of the molecule is C=C(C)COc1cccc(NCC(=O)Nc2cc(Cl)c(Cl)cc2Cl)c1. The Kier molecular flexibility index (Phi) is 7.00. The molecule has 7 heteroatoms. The van der Waals surface area contributed by atoms with Crippen LogP contribution < -0.4 is 15.4 Å². The van der Waals surface area contributed by atoms with Crippen LogP contribution in [-0.4, -0.2) is 19.1 Å². The number of rotatable bonds is 7. The molecule has 0 atom stereocenters. The molecule has 0 spiro atoms. The van der Waals surface area contributed by atoms with Crippen LogP contribution in [0, 0.1) is 0 Å². The van der Waals surface area contributed by atoms with E-state index in [-0.39, 0.29) is 12.5 Å². The largest absolute Gasteiger partial charge is 0.489 e. The Balaban J connectivity index is 1.93. The van der Waals surface area contributed by atoms with Crippen molar-refractivity contribution in [1.82, 2.24) is 0 Å². The lowest BCUT2D eigenvalue weighted by Gasteiger charge is -2.11. The number of hydrogen-bond acceptors (Lipinski definition) is 3. The average Bonchev–Trinajstić information content (AvgIpc) is 2.56. The molecule has 0 fully saturated rings. The molecule has 0 saturated carbocycles. The Hall–Kier alpha value is -1.88. The molecular formula is C18H17Cl3N2O2. The third-order valence-corrected chi connectivity index (χ3v) is 4.09. The topological polar surface area (TPSA) is 50.4 Å². The van der Waals surface area contributed by atoms with Gasteiger partial charge in [0.25, 0.3) is 0 Å². The predicted octanol–water partition coefficient (Wildman–Crippen LogP) is 5.65. The van der Waals surface area contributed by atoms with Gasteiger partial charge in [-0.05, 0) is 36.8 Å². The van der Waals surface area contributed by atoms with Crippen molar-refractivity contribution in [3.05, 3.63) is 63.6 Å². The van der Waals surface area contributed by atoms with Crippen molar-refractivity contribution in [2.45, 2.75) is 6.92 Å². The lowest BCUT2D eigenvalue weighted by molar-refractivity contribution is -0.114. The van der Waals surface area contributed by atoms with E-state index in [0.717, 1.165) is 11.3 Å². The highest BCUT2D eigenvalue weighted by Gasteiger charge is 2.09. The van der Waals surface area contributed by atoms with Gasteiger partial charge in [-0.1, -0.05) is 47.4 Å². The Morgan fingerprint density at radius 1 is 1.12 bits per heavy atom. The van der Waals surface area contributed by atoms with E-state index in [1.807, 2.05) is 31.2 Å². The van der Waals surface area contributed by atoms with E-state index in [1.54, 1.807) is 0 Å². The number of amides is 1. The summed E-state index contributed by atoms with van der Waals surface area (Å²) in [4.78, 5) is 12.1. The fraction of sp³-hybridized carbons (Fsp3) is 0.167. The second kappa shape index (κ2) is 8.99. The van der Waals surface area contributed by atoms with Gasteiger partial charge in [0.15, 0.2) is 0 Å². The van der Waals surface area contributed by atoms with Crippen molar-refractivity contribution in [2.24, 2.45) is 0 Å². The van der Waals surface area contributed by atoms with Gasteiger partial charge in [-0.25, -0.2) is 0 Å². The Labute approximate surface area is 161 Å². The minimum Gasteiger partial charge on any atom is -0.489 e. The molecule has 0 aromatic heterocycles. The fourth-order valence-electron chi connectivity index (χ4n) is 1.90. The molecular weight excluding hydrogens is 383 g/mol. The molecule has 0 radical (unpaired) electrons. The summed E-state index contributed by atoms with van der Waals surface area (Å²) in [6.07, 6.45) is 0. The number of nitrogens with one attached hydrogen (secondary N) is 2. The zero-order valence-corrected chi connectivity index (χ0v) is 15.8. The van der Waals surface area contributed by atoms with Crippen LogP contribution >= 0.6 is 34.8 Å². The molecule has 0 aliphatic carbocycles. The molecule has 1 amide bonds. The first-order valence-corrected chi connectivity index (χ1v) is 8.54. The van der Waals surface area contributed by atoms with Crippen LogP contribution in [0.4, 0.5) is 11.4 Å². The zero-order valence-electron chi connectivity index (χ0n) is 13.5. The quantitative estimate of drug-likeness (QED) is 0.467. The van der Waals surface area contributed by atoms with Crippen molar-refractivity contribution < 1.29 is 9.53 Å². The predicted molar refractivity (Wildman–Crippen MR) is 105 cm³/mol. The molecule has 25 heavy (non-hydrogen) atoms. The van der Waals surface area contributed by atoms with Crippen LogP contribution in [0.5, 0.6) is 5.75 Å². The normalized spacial score (nSPS) is 10.2. The minimum absolute atomic E-state index is 0.0561. The van der Waals surface area contributed by atoms with E-state index in [4.69, 9.17) is 39.5 Å². The van der Waals surface area contributed by atoms with E-state index in [9.17, 15) is 4.79 Å². The highest BCUT2D eigenvalue weighted by Crippen LogP contribution is 2.32. The third kappa shape index (κ3) is 6.16. The minimum atomic E-state index is -0.270. The highest BCUT2D eigenvalue weighted by molar-refractivity contribution is 6.44. The van der Waals surface area contributed by atoms with Gasteiger partial charge in [-0.15, -0.1) is 0 Å². The monoisotopic (exact) mass is 398 g/mol. The molecule has 0 bridgehead atoms. The second-order valence-corrected chi connectivity index (χ2v) is 6.64. The summed E-state index contributed by atoms with van der Waals surface area (Å²) in [6.45, 7) is 6.18. The lowest BCUT2D eigenvalue weighted by atomic mass is 10.3. The van der Waals surface area contributed by atoms with Crippen molar-refractivity contribution >= 4 is 52.1 Å². The van der Waals surface area contributed by atoms with E-state index < -0.39 is 0 Å². The Morgan fingerprint density at radius 2 is 1.84 bits per heavy atom. The van der Waals surface area contributed by atoms with Gasteiger partial charge in [-0.3, -0.25) is 4.79 Å². The van der Waals surface area contributed by atoms with Crippen molar-refractivity contribution in [3.63, 3.8) is 0 Å². The van der Waals surface area contributed by atoms with Crippen LogP contribution in [0.2, 0.25) is 15.1 Å². The third-order valence-electron chi connectivity index (χ3n) is 3.06. The molecule has 0 aliphatic heterocycles. The number of benzene rings is 2. The number of halogens is 3. The number of hydrogen-bond donors (Lipinski definition) is 2. The molecule has 2 aromatic carbocycles. The zero-order chi connectivity index (χ0) is 18.4. The standard InChI is InChI=1S/C18H17Cl3N2O2/c1-11(2)10-25-13-5-3-4-12(6-13)22-9-18(24)23-17-8-15(20)14(19)7-16(17)21/h3-8,22H,1,9-10H2,2H3,(H,23,24). The van der Waals surface area contributed by atoms with Gasteiger partial charge in [0.1, 0.15) is 12.4 Å². The first-order valence-electron chi connectivity index (χ1n) is 7.40. The van der Waals surface area contributed by atoms with Gasteiger partial charge < -0.3 is 15.4 Å². The maximum Gasteiger partial charge on any atom is 0.243 e. The van der Waals surface area contributed by atoms with E-state index in [2.05, 4.69) is 17.2 Å². The molecule has 2 aromatic rings. The number of anilines is 2. The highest BCUT2D eigenvalue weighted by atomic mass is 35.5. The van der Waals surface area contributed by atoms with E-state index >= 15 is 0 Å². The van der Waals surface area contributed by atoms with Crippen LogP contribution in [0.1, 0.15) is 6.92 Å². The number of ether oxygens (including phenoxy) is 1.